The highest BCUT2D eigenvalue weighted by Gasteiger charge is 2.25. The Hall–Kier alpha value is -3.39. The highest BCUT2D eigenvalue weighted by Crippen LogP contribution is 2.33. The number of para-hydroxylation sites is 1. The number of aromatic nitrogens is 3. The van der Waals surface area contributed by atoms with Crippen LogP contribution in [0.5, 0.6) is 5.75 Å². The molecule has 1 saturated heterocycles. The Morgan fingerprint density at radius 2 is 1.85 bits per heavy atom. The fourth-order valence-corrected chi connectivity index (χ4v) is 5.20. The average molecular weight is 462 g/mol. The fraction of sp³-hybridized carbons (Fsp3) is 0.320. The summed E-state index contributed by atoms with van der Waals surface area (Å²) in [7, 11) is 0. The van der Waals surface area contributed by atoms with Gasteiger partial charge in [0.2, 0.25) is 0 Å². The van der Waals surface area contributed by atoms with Crippen molar-refractivity contribution >= 4 is 32.7 Å². The van der Waals surface area contributed by atoms with Crippen LogP contribution in [0.2, 0.25) is 0 Å². The highest BCUT2D eigenvalue weighted by atomic mass is 32.1. The van der Waals surface area contributed by atoms with Gasteiger partial charge in [0.05, 0.1) is 22.7 Å². The first kappa shape index (κ1) is 21.5. The van der Waals surface area contributed by atoms with Gasteiger partial charge in [0.15, 0.2) is 10.8 Å². The molecule has 0 aliphatic carbocycles. The van der Waals surface area contributed by atoms with Crippen LogP contribution < -0.4 is 15.0 Å². The van der Waals surface area contributed by atoms with E-state index in [-0.39, 0.29) is 11.9 Å². The van der Waals surface area contributed by atoms with E-state index in [4.69, 9.17) is 9.72 Å². The number of hydrogen-bond donors (Lipinski definition) is 1. The van der Waals surface area contributed by atoms with Crippen molar-refractivity contribution in [2.75, 3.05) is 24.6 Å². The van der Waals surface area contributed by atoms with Gasteiger partial charge in [-0.25, -0.2) is 4.68 Å². The number of thiazole rings is 1. The van der Waals surface area contributed by atoms with Gasteiger partial charge in [0.1, 0.15) is 5.75 Å². The average Bonchev–Trinajstić information content (AvgIpc) is 3.41. The molecule has 0 radical (unpaired) electrons. The largest absolute Gasteiger partial charge is 0.494 e. The summed E-state index contributed by atoms with van der Waals surface area (Å²) in [4.78, 5) is 19.9. The molecule has 1 N–H and O–H groups in total. The molecule has 0 unspecified atom stereocenters. The Balaban J connectivity index is 1.23. The third-order valence-electron chi connectivity index (χ3n) is 5.91. The number of carbonyl (C=O) groups excluding carboxylic acids is 1. The zero-order chi connectivity index (χ0) is 22.8. The summed E-state index contributed by atoms with van der Waals surface area (Å²) in [6, 6.07) is 17.6. The second kappa shape index (κ2) is 9.23. The van der Waals surface area contributed by atoms with E-state index in [1.807, 2.05) is 73.1 Å². The lowest BCUT2D eigenvalue weighted by Crippen LogP contribution is -2.44. The van der Waals surface area contributed by atoms with Crippen molar-refractivity contribution in [2.45, 2.75) is 32.7 Å². The first-order chi connectivity index (χ1) is 16.1. The van der Waals surface area contributed by atoms with Crippen molar-refractivity contribution in [3.05, 3.63) is 65.9 Å². The van der Waals surface area contributed by atoms with Crippen molar-refractivity contribution < 1.29 is 9.53 Å². The number of carbonyl (C=O) groups is 1. The summed E-state index contributed by atoms with van der Waals surface area (Å²) < 4.78 is 8.50. The minimum atomic E-state index is -0.0323. The third kappa shape index (κ3) is 4.43. The zero-order valence-corrected chi connectivity index (χ0v) is 19.6. The van der Waals surface area contributed by atoms with Gasteiger partial charge in [-0.3, -0.25) is 4.79 Å². The maximum Gasteiger partial charge on any atom is 0.251 e. The number of anilines is 1. The van der Waals surface area contributed by atoms with Crippen LogP contribution in [-0.4, -0.2) is 46.4 Å². The minimum absolute atomic E-state index is 0.0323. The van der Waals surface area contributed by atoms with Gasteiger partial charge in [0.25, 0.3) is 5.91 Å². The fourth-order valence-electron chi connectivity index (χ4n) is 4.16. The van der Waals surface area contributed by atoms with E-state index >= 15 is 0 Å². The third-order valence-corrected chi connectivity index (χ3v) is 7.12. The molecule has 4 aromatic rings. The number of aryl methyl sites for hydroxylation is 1. The summed E-state index contributed by atoms with van der Waals surface area (Å²) in [5.74, 6) is 0.749. The maximum atomic E-state index is 12.6. The number of rotatable bonds is 6. The predicted molar refractivity (Wildman–Crippen MR) is 132 cm³/mol. The molecule has 2 aromatic heterocycles. The first-order valence-corrected chi connectivity index (χ1v) is 12.1. The summed E-state index contributed by atoms with van der Waals surface area (Å²) in [6.45, 7) is 6.32. The van der Waals surface area contributed by atoms with Gasteiger partial charge in [-0.15, -0.1) is 0 Å². The molecule has 1 aliphatic rings. The van der Waals surface area contributed by atoms with Gasteiger partial charge in [-0.1, -0.05) is 29.5 Å². The molecule has 8 heteroatoms. The predicted octanol–water partition coefficient (Wildman–Crippen LogP) is 4.59. The van der Waals surface area contributed by atoms with E-state index in [1.165, 1.54) is 0 Å². The number of ether oxygens (including phenoxy) is 1. The Labute approximate surface area is 197 Å². The Morgan fingerprint density at radius 1 is 1.12 bits per heavy atom. The van der Waals surface area contributed by atoms with E-state index in [0.717, 1.165) is 58.5 Å². The quantitative estimate of drug-likeness (QED) is 0.455. The van der Waals surface area contributed by atoms with E-state index in [9.17, 15) is 4.79 Å². The first-order valence-electron chi connectivity index (χ1n) is 11.3. The van der Waals surface area contributed by atoms with Crippen LogP contribution in [0.15, 0.2) is 54.6 Å². The lowest BCUT2D eigenvalue weighted by Gasteiger charge is -2.32. The lowest BCUT2D eigenvalue weighted by atomic mass is 10.0. The smallest absolute Gasteiger partial charge is 0.251 e. The zero-order valence-electron chi connectivity index (χ0n) is 18.8. The van der Waals surface area contributed by atoms with E-state index in [1.54, 1.807) is 11.3 Å². The molecule has 7 nitrogen and oxygen atoms in total. The molecule has 170 valence electrons. The van der Waals surface area contributed by atoms with Gasteiger partial charge in [-0.2, -0.15) is 10.1 Å². The van der Waals surface area contributed by atoms with Crippen LogP contribution >= 0.6 is 11.3 Å². The summed E-state index contributed by atoms with van der Waals surface area (Å²) >= 11 is 1.70. The normalized spacial score (nSPS) is 14.5. The second-order valence-electron chi connectivity index (χ2n) is 8.17. The van der Waals surface area contributed by atoms with Crippen molar-refractivity contribution in [2.24, 2.45) is 0 Å². The topological polar surface area (TPSA) is 72.3 Å². The molecular formula is C25H27N5O2S. The number of piperidine rings is 1. The highest BCUT2D eigenvalue weighted by molar-refractivity contribution is 7.22. The summed E-state index contributed by atoms with van der Waals surface area (Å²) in [5, 5.41) is 8.89. The number of benzene rings is 2. The molecule has 0 spiro atoms. The van der Waals surface area contributed by atoms with Crippen LogP contribution in [0, 0.1) is 6.92 Å². The number of fused-ring (bicyclic) bond motifs is 1. The number of hydrogen-bond acceptors (Lipinski definition) is 6. The molecule has 0 bridgehead atoms. The van der Waals surface area contributed by atoms with Gasteiger partial charge < -0.3 is 15.0 Å². The Morgan fingerprint density at radius 3 is 2.55 bits per heavy atom. The molecule has 2 aromatic carbocycles. The van der Waals surface area contributed by atoms with Crippen molar-refractivity contribution in [3.63, 3.8) is 0 Å². The number of nitrogens with one attached hydrogen (secondary N) is 1. The minimum Gasteiger partial charge on any atom is -0.494 e. The number of amides is 1. The Bertz CT molecular complexity index is 1240. The molecule has 33 heavy (non-hydrogen) atoms. The second-order valence-corrected chi connectivity index (χ2v) is 9.15. The molecule has 3 heterocycles. The molecule has 1 fully saturated rings. The lowest BCUT2D eigenvalue weighted by molar-refractivity contribution is 0.0931. The molecular weight excluding hydrogens is 434 g/mol. The van der Waals surface area contributed by atoms with Crippen LogP contribution in [0.25, 0.3) is 16.0 Å². The van der Waals surface area contributed by atoms with Gasteiger partial charge >= 0.3 is 0 Å². The van der Waals surface area contributed by atoms with Crippen molar-refractivity contribution in [1.29, 1.82) is 0 Å². The molecule has 1 aliphatic heterocycles. The SMILES string of the molecule is CCOc1ccc(C(=O)NC2CCN(c3nc4c(s3)c(C)nn4-c3ccccc3)CC2)cc1. The molecule has 1 amide bonds. The van der Waals surface area contributed by atoms with E-state index in [2.05, 4.69) is 15.3 Å². The van der Waals surface area contributed by atoms with Crippen molar-refractivity contribution in [1.82, 2.24) is 20.1 Å². The van der Waals surface area contributed by atoms with Crippen LogP contribution in [0.3, 0.4) is 0 Å². The van der Waals surface area contributed by atoms with Crippen LogP contribution in [0.1, 0.15) is 35.8 Å². The molecule has 5 rings (SSSR count). The summed E-state index contributed by atoms with van der Waals surface area (Å²) in [5.41, 5.74) is 3.58. The summed E-state index contributed by atoms with van der Waals surface area (Å²) in [6.07, 6.45) is 1.78. The standard InChI is InChI=1S/C25H27N5O2S/c1-3-32-21-11-9-18(10-12-21)24(31)26-19-13-15-29(16-14-19)25-27-23-22(33-25)17(2)28-30(23)20-7-5-4-6-8-20/h4-12,19H,3,13-16H2,1-2H3,(H,26,31). The van der Waals surface area contributed by atoms with Crippen LogP contribution in [0.4, 0.5) is 5.13 Å². The van der Waals surface area contributed by atoms with Crippen LogP contribution in [-0.2, 0) is 0 Å². The Kier molecular flexibility index (Phi) is 6.00. The molecule has 0 saturated carbocycles. The molecule has 0 atom stereocenters. The maximum absolute atomic E-state index is 12.6. The van der Waals surface area contributed by atoms with E-state index in [0.29, 0.717) is 12.2 Å². The van der Waals surface area contributed by atoms with E-state index < -0.39 is 0 Å². The number of nitrogens with zero attached hydrogens (tertiary/aromatic N) is 4. The monoisotopic (exact) mass is 461 g/mol. The van der Waals surface area contributed by atoms with Crippen molar-refractivity contribution in [3.8, 4) is 11.4 Å². The van der Waals surface area contributed by atoms with Gasteiger partial charge in [0, 0.05) is 24.7 Å². The van der Waals surface area contributed by atoms with Gasteiger partial charge in [-0.05, 0) is 63.1 Å².